The molecule has 3 heteroatoms. The SMILES string of the molecule is C/C(C=O)=C/c1ccc(Br)c(Br)c1. The molecule has 0 unspecified atom stereocenters. The highest BCUT2D eigenvalue weighted by molar-refractivity contribution is 9.13. The lowest BCUT2D eigenvalue weighted by Gasteiger charge is -1.98. The van der Waals surface area contributed by atoms with Gasteiger partial charge in [-0.15, -0.1) is 0 Å². The molecule has 0 saturated carbocycles. The van der Waals surface area contributed by atoms with E-state index in [4.69, 9.17) is 0 Å². The Bertz CT molecular complexity index is 356. The average Bonchev–Trinajstić information content (AvgIpc) is 2.11. The highest BCUT2D eigenvalue weighted by Crippen LogP contribution is 2.24. The topological polar surface area (TPSA) is 17.1 Å². The van der Waals surface area contributed by atoms with Gasteiger partial charge >= 0.3 is 0 Å². The fourth-order valence-electron chi connectivity index (χ4n) is 0.899. The van der Waals surface area contributed by atoms with Gasteiger partial charge in [0.15, 0.2) is 0 Å². The summed E-state index contributed by atoms with van der Waals surface area (Å²) in [5.41, 5.74) is 1.73. The van der Waals surface area contributed by atoms with Crippen molar-refractivity contribution >= 4 is 44.2 Å². The number of aldehydes is 1. The maximum Gasteiger partial charge on any atom is 0.145 e. The van der Waals surface area contributed by atoms with Crippen molar-refractivity contribution in [2.45, 2.75) is 6.92 Å². The summed E-state index contributed by atoms with van der Waals surface area (Å²) in [5.74, 6) is 0. The molecule has 0 bridgehead atoms. The number of rotatable bonds is 2. The molecule has 0 saturated heterocycles. The first kappa shape index (κ1) is 10.7. The first-order valence-corrected chi connectivity index (χ1v) is 5.30. The third kappa shape index (κ3) is 3.08. The van der Waals surface area contributed by atoms with Crippen molar-refractivity contribution in [3.8, 4) is 0 Å². The lowest BCUT2D eigenvalue weighted by Crippen LogP contribution is -1.78. The smallest absolute Gasteiger partial charge is 0.145 e. The minimum absolute atomic E-state index is 0.717. The van der Waals surface area contributed by atoms with Crippen LogP contribution in [0.5, 0.6) is 0 Å². The molecule has 1 nitrogen and oxygen atoms in total. The molecular weight excluding hydrogens is 296 g/mol. The second kappa shape index (κ2) is 4.72. The maximum absolute atomic E-state index is 10.4. The van der Waals surface area contributed by atoms with Crippen LogP contribution in [0.25, 0.3) is 6.08 Å². The lowest BCUT2D eigenvalue weighted by molar-refractivity contribution is -0.104. The molecule has 13 heavy (non-hydrogen) atoms. The van der Waals surface area contributed by atoms with Crippen LogP contribution in [-0.4, -0.2) is 6.29 Å². The van der Waals surface area contributed by atoms with Gasteiger partial charge in [-0.2, -0.15) is 0 Å². The first-order valence-electron chi connectivity index (χ1n) is 3.72. The number of carbonyl (C=O) groups excluding carboxylic acids is 1. The monoisotopic (exact) mass is 302 g/mol. The first-order chi connectivity index (χ1) is 6.13. The Hall–Kier alpha value is -0.410. The van der Waals surface area contributed by atoms with Crippen LogP contribution in [0.4, 0.5) is 0 Å². The van der Waals surface area contributed by atoms with E-state index in [-0.39, 0.29) is 0 Å². The molecular formula is C10H8Br2O. The van der Waals surface area contributed by atoms with E-state index in [1.54, 1.807) is 6.92 Å². The summed E-state index contributed by atoms with van der Waals surface area (Å²) in [6.45, 7) is 1.78. The third-order valence-electron chi connectivity index (χ3n) is 1.52. The molecule has 0 aromatic heterocycles. The van der Waals surface area contributed by atoms with Crippen LogP contribution in [0.3, 0.4) is 0 Å². The van der Waals surface area contributed by atoms with Gasteiger partial charge in [-0.1, -0.05) is 6.07 Å². The fraction of sp³-hybridized carbons (Fsp3) is 0.100. The molecule has 0 heterocycles. The summed E-state index contributed by atoms with van der Waals surface area (Å²) in [4.78, 5) is 10.4. The van der Waals surface area contributed by atoms with E-state index in [9.17, 15) is 4.79 Å². The number of carbonyl (C=O) groups is 1. The molecule has 0 N–H and O–H groups in total. The molecule has 68 valence electrons. The molecule has 0 aliphatic carbocycles. The number of benzene rings is 1. The molecule has 0 aliphatic heterocycles. The van der Waals surface area contributed by atoms with Crippen LogP contribution in [0.2, 0.25) is 0 Å². The number of hydrogen-bond donors (Lipinski definition) is 0. The van der Waals surface area contributed by atoms with Crippen molar-refractivity contribution in [1.29, 1.82) is 0 Å². The number of halogens is 2. The minimum Gasteiger partial charge on any atom is -0.298 e. The normalized spacial score (nSPS) is 11.5. The van der Waals surface area contributed by atoms with Crippen LogP contribution in [0.15, 0.2) is 32.7 Å². The molecule has 1 aromatic rings. The Morgan fingerprint density at radius 2 is 2.00 bits per heavy atom. The zero-order valence-corrected chi connectivity index (χ0v) is 10.2. The highest BCUT2D eigenvalue weighted by atomic mass is 79.9. The van der Waals surface area contributed by atoms with Gasteiger partial charge in [0, 0.05) is 8.95 Å². The van der Waals surface area contributed by atoms with Crippen molar-refractivity contribution in [2.75, 3.05) is 0 Å². The zero-order valence-electron chi connectivity index (χ0n) is 7.05. The van der Waals surface area contributed by atoms with Crippen LogP contribution in [0.1, 0.15) is 12.5 Å². The maximum atomic E-state index is 10.4. The van der Waals surface area contributed by atoms with E-state index in [1.807, 2.05) is 24.3 Å². The molecule has 1 aromatic carbocycles. The van der Waals surface area contributed by atoms with Gasteiger partial charge in [0.2, 0.25) is 0 Å². The Morgan fingerprint density at radius 3 is 2.54 bits per heavy atom. The standard InChI is InChI=1S/C10H8Br2O/c1-7(6-13)4-8-2-3-9(11)10(12)5-8/h2-6H,1H3/b7-4-. The van der Waals surface area contributed by atoms with Gasteiger partial charge in [-0.25, -0.2) is 0 Å². The van der Waals surface area contributed by atoms with Gasteiger partial charge in [0.25, 0.3) is 0 Å². The van der Waals surface area contributed by atoms with Crippen molar-refractivity contribution in [1.82, 2.24) is 0 Å². The highest BCUT2D eigenvalue weighted by Gasteiger charge is 1.96. The van der Waals surface area contributed by atoms with Gasteiger partial charge < -0.3 is 0 Å². The Labute approximate surface area is 94.1 Å². The Kier molecular flexibility index (Phi) is 3.88. The lowest BCUT2D eigenvalue weighted by atomic mass is 10.1. The quantitative estimate of drug-likeness (QED) is 0.600. The predicted molar refractivity (Wildman–Crippen MR) is 61.6 cm³/mol. The van der Waals surface area contributed by atoms with Crippen molar-refractivity contribution < 1.29 is 4.79 Å². The molecule has 0 fully saturated rings. The molecule has 0 atom stereocenters. The van der Waals surface area contributed by atoms with Crippen LogP contribution in [0, 0.1) is 0 Å². The van der Waals surface area contributed by atoms with Crippen molar-refractivity contribution in [2.24, 2.45) is 0 Å². The van der Waals surface area contributed by atoms with E-state index in [1.165, 1.54) is 0 Å². The van der Waals surface area contributed by atoms with E-state index in [0.29, 0.717) is 5.57 Å². The predicted octanol–water partition coefficient (Wildman–Crippen LogP) is 3.81. The van der Waals surface area contributed by atoms with Gasteiger partial charge in [-0.3, -0.25) is 4.79 Å². The van der Waals surface area contributed by atoms with Crippen molar-refractivity contribution in [3.05, 3.63) is 38.3 Å². The average molecular weight is 304 g/mol. The number of hydrogen-bond acceptors (Lipinski definition) is 1. The largest absolute Gasteiger partial charge is 0.298 e. The summed E-state index contributed by atoms with van der Waals surface area (Å²) < 4.78 is 1.99. The molecule has 0 radical (unpaired) electrons. The van der Waals surface area contributed by atoms with E-state index in [0.717, 1.165) is 20.8 Å². The Balaban J connectivity index is 3.04. The van der Waals surface area contributed by atoms with Gasteiger partial charge in [0.1, 0.15) is 6.29 Å². The fourth-order valence-corrected chi connectivity index (χ4v) is 1.54. The molecule has 0 amide bonds. The van der Waals surface area contributed by atoms with Gasteiger partial charge in [-0.05, 0) is 68.1 Å². The third-order valence-corrected chi connectivity index (χ3v) is 3.40. The Morgan fingerprint density at radius 1 is 1.31 bits per heavy atom. The summed E-state index contributed by atoms with van der Waals surface area (Å²) in [6, 6.07) is 5.84. The van der Waals surface area contributed by atoms with E-state index < -0.39 is 0 Å². The van der Waals surface area contributed by atoms with Crippen LogP contribution in [-0.2, 0) is 4.79 Å². The van der Waals surface area contributed by atoms with Crippen LogP contribution >= 0.6 is 31.9 Å². The number of allylic oxidation sites excluding steroid dienone is 1. The van der Waals surface area contributed by atoms with E-state index >= 15 is 0 Å². The molecule has 0 spiro atoms. The second-order valence-electron chi connectivity index (χ2n) is 2.68. The van der Waals surface area contributed by atoms with Crippen LogP contribution < -0.4 is 0 Å². The molecule has 1 rings (SSSR count). The van der Waals surface area contributed by atoms with Crippen molar-refractivity contribution in [3.63, 3.8) is 0 Å². The van der Waals surface area contributed by atoms with Gasteiger partial charge in [0.05, 0.1) is 0 Å². The zero-order chi connectivity index (χ0) is 9.84. The van der Waals surface area contributed by atoms with E-state index in [2.05, 4.69) is 31.9 Å². The minimum atomic E-state index is 0.717. The summed E-state index contributed by atoms with van der Waals surface area (Å²) >= 11 is 6.77. The second-order valence-corrected chi connectivity index (χ2v) is 4.39. The summed E-state index contributed by atoms with van der Waals surface area (Å²) in [6.07, 6.45) is 2.68. The summed E-state index contributed by atoms with van der Waals surface area (Å²) in [7, 11) is 0. The molecule has 0 aliphatic rings. The summed E-state index contributed by atoms with van der Waals surface area (Å²) in [5, 5.41) is 0.